The summed E-state index contributed by atoms with van der Waals surface area (Å²) < 4.78 is 0. The fourth-order valence-corrected chi connectivity index (χ4v) is 3.35. The first-order chi connectivity index (χ1) is 13.1. The van der Waals surface area contributed by atoms with Gasteiger partial charge in [0, 0.05) is 64.8 Å². The topological polar surface area (TPSA) is 81.2 Å². The van der Waals surface area contributed by atoms with E-state index in [2.05, 4.69) is 26.5 Å². The van der Waals surface area contributed by atoms with Crippen molar-refractivity contribution in [2.45, 2.75) is 25.8 Å². The maximum Gasteiger partial charge on any atom is 0.133 e. The smallest absolute Gasteiger partial charge is 0.133 e. The molecule has 1 aliphatic rings. The zero-order valence-electron chi connectivity index (χ0n) is 16.5. The number of carbonyl (C=O) groups excluding carboxylic acids is 4. The predicted octanol–water partition coefficient (Wildman–Crippen LogP) is -0.828. The van der Waals surface area contributed by atoms with Crippen LogP contribution >= 0.6 is 0 Å². The average Bonchev–Trinajstić information content (AvgIpc) is 2.66. The first kappa shape index (κ1) is 23.6. The minimum atomic E-state index is 0.265. The summed E-state index contributed by atoms with van der Waals surface area (Å²) in [6.45, 7) is 9.21. The standard InChI is InChI=1S/C19H34N4O4/c1-19(3-2-15-24)23-10-8-21(13-17-26)6-4-20(12-16-25)5-7-22(9-11-23)14-18-27/h15-19H,2-14H2,1H3. The Morgan fingerprint density at radius 2 is 1.00 bits per heavy atom. The summed E-state index contributed by atoms with van der Waals surface area (Å²) in [5.41, 5.74) is 0. The zero-order chi connectivity index (χ0) is 19.9. The zero-order valence-corrected chi connectivity index (χ0v) is 16.5. The van der Waals surface area contributed by atoms with E-state index in [1.54, 1.807) is 0 Å². The minimum absolute atomic E-state index is 0.265. The van der Waals surface area contributed by atoms with Crippen LogP contribution in [0.1, 0.15) is 19.8 Å². The molecule has 0 aromatic carbocycles. The van der Waals surface area contributed by atoms with Crippen molar-refractivity contribution < 1.29 is 19.2 Å². The van der Waals surface area contributed by atoms with Crippen LogP contribution < -0.4 is 0 Å². The Bertz CT molecular complexity index is 423. The highest BCUT2D eigenvalue weighted by Gasteiger charge is 2.19. The Morgan fingerprint density at radius 1 is 0.630 bits per heavy atom. The van der Waals surface area contributed by atoms with Crippen molar-refractivity contribution in [3.8, 4) is 0 Å². The van der Waals surface area contributed by atoms with Gasteiger partial charge in [0.25, 0.3) is 0 Å². The summed E-state index contributed by atoms with van der Waals surface area (Å²) in [4.78, 5) is 52.3. The van der Waals surface area contributed by atoms with E-state index in [1.165, 1.54) is 0 Å². The number of carbonyl (C=O) groups is 4. The lowest BCUT2D eigenvalue weighted by atomic mass is 10.1. The summed E-state index contributed by atoms with van der Waals surface area (Å²) in [6.07, 6.45) is 5.03. The molecule has 1 atom stereocenters. The second-order valence-electron chi connectivity index (χ2n) is 7.03. The molecule has 154 valence electrons. The Kier molecular flexibility index (Phi) is 12.7. The van der Waals surface area contributed by atoms with Crippen molar-refractivity contribution in [1.82, 2.24) is 19.6 Å². The first-order valence-electron chi connectivity index (χ1n) is 9.80. The monoisotopic (exact) mass is 382 g/mol. The molecule has 1 heterocycles. The van der Waals surface area contributed by atoms with Gasteiger partial charge in [-0.05, 0) is 13.3 Å². The van der Waals surface area contributed by atoms with Crippen LogP contribution in [0.4, 0.5) is 0 Å². The second kappa shape index (κ2) is 14.6. The molecule has 8 heteroatoms. The fourth-order valence-electron chi connectivity index (χ4n) is 3.35. The molecule has 1 saturated heterocycles. The molecule has 0 bridgehead atoms. The molecule has 8 nitrogen and oxygen atoms in total. The van der Waals surface area contributed by atoms with Gasteiger partial charge in [-0.25, -0.2) is 0 Å². The molecule has 0 aromatic rings. The molecular formula is C19H34N4O4. The third kappa shape index (κ3) is 9.86. The van der Waals surface area contributed by atoms with Gasteiger partial charge in [-0.1, -0.05) is 0 Å². The van der Waals surface area contributed by atoms with E-state index in [0.29, 0.717) is 39.1 Å². The summed E-state index contributed by atoms with van der Waals surface area (Å²) in [7, 11) is 0. The van der Waals surface area contributed by atoms with Gasteiger partial charge in [-0.15, -0.1) is 0 Å². The van der Waals surface area contributed by atoms with Gasteiger partial charge in [0.2, 0.25) is 0 Å². The molecule has 0 N–H and O–H groups in total. The van der Waals surface area contributed by atoms with Crippen molar-refractivity contribution in [3.05, 3.63) is 0 Å². The molecule has 0 aromatic heterocycles. The van der Waals surface area contributed by atoms with E-state index in [-0.39, 0.29) is 6.04 Å². The maximum atomic E-state index is 11.0. The van der Waals surface area contributed by atoms with E-state index in [1.807, 2.05) is 0 Å². The van der Waals surface area contributed by atoms with Crippen molar-refractivity contribution in [3.63, 3.8) is 0 Å². The van der Waals surface area contributed by atoms with Crippen LogP contribution in [0.15, 0.2) is 0 Å². The van der Waals surface area contributed by atoms with Gasteiger partial charge < -0.3 is 19.2 Å². The van der Waals surface area contributed by atoms with Crippen LogP contribution in [0.5, 0.6) is 0 Å². The Morgan fingerprint density at radius 3 is 1.33 bits per heavy atom. The number of aldehydes is 4. The van der Waals surface area contributed by atoms with Gasteiger partial charge in [0.15, 0.2) is 0 Å². The van der Waals surface area contributed by atoms with Crippen molar-refractivity contribution in [2.24, 2.45) is 0 Å². The maximum absolute atomic E-state index is 11.0. The van der Waals surface area contributed by atoms with Crippen LogP contribution in [0.2, 0.25) is 0 Å². The summed E-state index contributed by atoms with van der Waals surface area (Å²) in [6, 6.07) is 0.265. The highest BCUT2D eigenvalue weighted by Crippen LogP contribution is 2.08. The van der Waals surface area contributed by atoms with Crippen LogP contribution in [0, 0.1) is 0 Å². The molecule has 0 aliphatic carbocycles. The van der Waals surface area contributed by atoms with Crippen molar-refractivity contribution >= 4 is 25.1 Å². The average molecular weight is 383 g/mol. The highest BCUT2D eigenvalue weighted by atomic mass is 16.1. The van der Waals surface area contributed by atoms with Crippen molar-refractivity contribution in [1.29, 1.82) is 0 Å². The Balaban J connectivity index is 2.83. The predicted molar refractivity (Wildman–Crippen MR) is 104 cm³/mol. The third-order valence-corrected chi connectivity index (χ3v) is 5.20. The van der Waals surface area contributed by atoms with Crippen LogP contribution in [0.3, 0.4) is 0 Å². The lowest BCUT2D eigenvalue weighted by Crippen LogP contribution is -2.48. The van der Waals surface area contributed by atoms with Gasteiger partial charge in [0.1, 0.15) is 25.1 Å². The molecular weight excluding hydrogens is 348 g/mol. The van der Waals surface area contributed by atoms with E-state index < -0.39 is 0 Å². The number of hydrogen-bond donors (Lipinski definition) is 0. The quantitative estimate of drug-likeness (QED) is 0.453. The summed E-state index contributed by atoms with van der Waals surface area (Å²) in [5, 5.41) is 0. The second-order valence-corrected chi connectivity index (χ2v) is 7.03. The van der Waals surface area contributed by atoms with Crippen LogP contribution in [0.25, 0.3) is 0 Å². The lowest BCUT2D eigenvalue weighted by Gasteiger charge is -2.35. The lowest BCUT2D eigenvalue weighted by molar-refractivity contribution is -0.110. The molecule has 1 rings (SSSR count). The summed E-state index contributed by atoms with van der Waals surface area (Å²) in [5.74, 6) is 0. The normalized spacial score (nSPS) is 20.9. The molecule has 0 saturated carbocycles. The third-order valence-electron chi connectivity index (χ3n) is 5.20. The van der Waals surface area contributed by atoms with E-state index in [4.69, 9.17) is 0 Å². The van der Waals surface area contributed by atoms with E-state index in [9.17, 15) is 19.2 Å². The van der Waals surface area contributed by atoms with Gasteiger partial charge in [0.05, 0.1) is 19.6 Å². The van der Waals surface area contributed by atoms with Crippen LogP contribution in [-0.4, -0.2) is 123 Å². The molecule has 0 amide bonds. The molecule has 27 heavy (non-hydrogen) atoms. The van der Waals surface area contributed by atoms with E-state index in [0.717, 1.165) is 70.8 Å². The molecule has 0 spiro atoms. The number of rotatable bonds is 10. The highest BCUT2D eigenvalue weighted by molar-refractivity contribution is 5.52. The van der Waals surface area contributed by atoms with Crippen molar-refractivity contribution in [2.75, 3.05) is 72.0 Å². The fraction of sp³-hybridized carbons (Fsp3) is 0.789. The van der Waals surface area contributed by atoms with Gasteiger partial charge in [-0.3, -0.25) is 19.6 Å². The Hall–Kier alpha value is -1.48. The van der Waals surface area contributed by atoms with E-state index >= 15 is 0 Å². The molecule has 1 aliphatic heterocycles. The Labute approximate surface area is 162 Å². The summed E-state index contributed by atoms with van der Waals surface area (Å²) >= 11 is 0. The number of nitrogens with zero attached hydrogens (tertiary/aromatic N) is 4. The first-order valence-corrected chi connectivity index (χ1v) is 9.80. The molecule has 1 unspecified atom stereocenters. The van der Waals surface area contributed by atoms with Gasteiger partial charge in [-0.2, -0.15) is 0 Å². The number of hydrogen-bond acceptors (Lipinski definition) is 8. The van der Waals surface area contributed by atoms with Crippen LogP contribution in [-0.2, 0) is 19.2 Å². The largest absolute Gasteiger partial charge is 0.303 e. The minimum Gasteiger partial charge on any atom is -0.303 e. The van der Waals surface area contributed by atoms with Gasteiger partial charge >= 0.3 is 0 Å². The molecule has 1 fully saturated rings. The SMILES string of the molecule is CC(CCC=O)N1CCN(CC=O)CCN(CC=O)CCN(CC=O)CC1. The molecule has 0 radical (unpaired) electrons.